The van der Waals surface area contributed by atoms with Crippen LogP contribution < -0.4 is 5.32 Å². The molecule has 1 aliphatic heterocycles. The second kappa shape index (κ2) is 9.12. The lowest BCUT2D eigenvalue weighted by molar-refractivity contribution is -0.127. The van der Waals surface area contributed by atoms with Crippen molar-refractivity contribution in [1.82, 2.24) is 9.80 Å². The number of hydrogen-bond donors (Lipinski definition) is 1. The summed E-state index contributed by atoms with van der Waals surface area (Å²) >= 11 is 7.29. The number of anilines is 1. The predicted molar refractivity (Wildman–Crippen MR) is 106 cm³/mol. The van der Waals surface area contributed by atoms with Crippen molar-refractivity contribution in [1.29, 1.82) is 0 Å². The molecule has 0 spiro atoms. The Bertz CT molecular complexity index is 847. The van der Waals surface area contributed by atoms with Crippen LogP contribution in [0.1, 0.15) is 4.88 Å². The van der Waals surface area contributed by atoms with Gasteiger partial charge in [0.15, 0.2) is 0 Å². The molecule has 0 aliphatic carbocycles. The number of nitrogens with zero attached hydrogens (tertiary/aromatic N) is 2. The highest BCUT2D eigenvalue weighted by Crippen LogP contribution is 2.22. The van der Waals surface area contributed by atoms with E-state index in [1.807, 2.05) is 11.0 Å². The van der Waals surface area contributed by atoms with Crippen molar-refractivity contribution in [2.45, 2.75) is 0 Å². The van der Waals surface area contributed by atoms with E-state index in [2.05, 4.69) is 5.32 Å². The van der Waals surface area contributed by atoms with Gasteiger partial charge in [0.25, 0.3) is 0 Å². The normalized spacial score (nSPS) is 15.3. The fourth-order valence-corrected chi connectivity index (χ4v) is 3.74. The van der Waals surface area contributed by atoms with Crippen molar-refractivity contribution in [2.24, 2.45) is 0 Å². The Morgan fingerprint density at radius 2 is 1.96 bits per heavy atom. The van der Waals surface area contributed by atoms with Crippen LogP contribution in [0.3, 0.4) is 0 Å². The number of thiophene rings is 1. The van der Waals surface area contributed by atoms with Crippen molar-refractivity contribution >= 4 is 46.5 Å². The average molecular weight is 408 g/mol. The summed E-state index contributed by atoms with van der Waals surface area (Å²) in [6.45, 7) is 2.55. The summed E-state index contributed by atoms with van der Waals surface area (Å²) in [5.41, 5.74) is 0.438. The van der Waals surface area contributed by atoms with Crippen molar-refractivity contribution in [3.05, 3.63) is 57.5 Å². The predicted octanol–water partition coefficient (Wildman–Crippen LogP) is 3.34. The maximum absolute atomic E-state index is 13.2. The van der Waals surface area contributed by atoms with Gasteiger partial charge in [-0.2, -0.15) is 0 Å². The van der Waals surface area contributed by atoms with Crippen molar-refractivity contribution in [3.63, 3.8) is 0 Å². The molecule has 3 rings (SSSR count). The highest BCUT2D eigenvalue weighted by atomic mass is 35.5. The van der Waals surface area contributed by atoms with Crippen LogP contribution in [0.4, 0.5) is 10.1 Å². The fourth-order valence-electron chi connectivity index (χ4n) is 2.77. The zero-order valence-electron chi connectivity index (χ0n) is 14.5. The van der Waals surface area contributed by atoms with E-state index in [1.165, 1.54) is 23.5 Å². The minimum atomic E-state index is -0.391. The molecule has 0 bridgehead atoms. The summed E-state index contributed by atoms with van der Waals surface area (Å²) in [5, 5.41) is 2.68. The van der Waals surface area contributed by atoms with E-state index in [9.17, 15) is 14.0 Å². The Balaban J connectivity index is 1.43. The van der Waals surface area contributed by atoms with E-state index >= 15 is 0 Å². The summed E-state index contributed by atoms with van der Waals surface area (Å²) < 4.78 is 13.8. The smallest absolute Gasteiger partial charge is 0.246 e. The van der Waals surface area contributed by atoms with E-state index in [1.54, 1.807) is 35.3 Å². The van der Waals surface area contributed by atoms with E-state index in [4.69, 9.17) is 11.6 Å². The first-order valence-corrected chi connectivity index (χ1v) is 9.69. The van der Waals surface area contributed by atoms with E-state index in [0.717, 1.165) is 4.88 Å². The second-order valence-corrected chi connectivity index (χ2v) is 7.88. The van der Waals surface area contributed by atoms with Crippen LogP contribution in [0.2, 0.25) is 4.34 Å². The molecule has 1 aliphatic rings. The third-order valence-electron chi connectivity index (χ3n) is 4.14. The quantitative estimate of drug-likeness (QED) is 0.773. The van der Waals surface area contributed by atoms with Gasteiger partial charge in [-0.15, -0.1) is 11.3 Å². The highest BCUT2D eigenvalue weighted by Gasteiger charge is 2.21. The molecule has 1 aromatic carbocycles. The van der Waals surface area contributed by atoms with Crippen LogP contribution in [0.15, 0.2) is 42.5 Å². The Kier molecular flexibility index (Phi) is 6.60. The molecule has 1 fully saturated rings. The van der Waals surface area contributed by atoms with Gasteiger partial charge < -0.3 is 10.2 Å². The fraction of sp³-hybridized carbons (Fsp3) is 0.263. The van der Waals surface area contributed by atoms with Crippen LogP contribution in [-0.2, 0) is 9.59 Å². The van der Waals surface area contributed by atoms with E-state index in [0.29, 0.717) is 36.2 Å². The SMILES string of the molecule is O=C(CN1CCN(C(=O)/C=C/c2ccc(Cl)s2)CC1)Nc1cccc(F)c1. The molecule has 0 saturated carbocycles. The van der Waals surface area contributed by atoms with Gasteiger partial charge in [0.05, 0.1) is 10.9 Å². The van der Waals surface area contributed by atoms with Gasteiger partial charge in [-0.1, -0.05) is 17.7 Å². The largest absolute Gasteiger partial charge is 0.337 e. The molecule has 2 amide bonds. The van der Waals surface area contributed by atoms with E-state index < -0.39 is 5.82 Å². The lowest BCUT2D eigenvalue weighted by Crippen LogP contribution is -2.50. The lowest BCUT2D eigenvalue weighted by Gasteiger charge is -2.33. The van der Waals surface area contributed by atoms with Crippen LogP contribution in [0.5, 0.6) is 0 Å². The minimum Gasteiger partial charge on any atom is -0.337 e. The number of carbonyl (C=O) groups excluding carboxylic acids is 2. The number of hydrogen-bond acceptors (Lipinski definition) is 4. The van der Waals surface area contributed by atoms with Crippen molar-refractivity contribution < 1.29 is 14.0 Å². The summed E-state index contributed by atoms with van der Waals surface area (Å²) in [6.07, 6.45) is 3.31. The molecular formula is C19H19ClFN3O2S. The van der Waals surface area contributed by atoms with Gasteiger partial charge in [0.1, 0.15) is 5.82 Å². The van der Waals surface area contributed by atoms with Gasteiger partial charge in [-0.05, 0) is 36.4 Å². The maximum atomic E-state index is 13.2. The van der Waals surface area contributed by atoms with Crippen LogP contribution in [-0.4, -0.2) is 54.3 Å². The van der Waals surface area contributed by atoms with Crippen molar-refractivity contribution in [2.75, 3.05) is 38.0 Å². The van der Waals surface area contributed by atoms with Gasteiger partial charge >= 0.3 is 0 Å². The molecule has 142 valence electrons. The first kappa shape index (κ1) is 19.5. The standard InChI is InChI=1S/C19H19ClFN3O2S/c20-17-6-4-16(27-17)5-7-19(26)24-10-8-23(9-11-24)13-18(25)22-15-3-1-2-14(21)12-15/h1-7,12H,8-11,13H2,(H,22,25)/b7-5+. The zero-order valence-corrected chi connectivity index (χ0v) is 16.1. The highest BCUT2D eigenvalue weighted by molar-refractivity contribution is 7.17. The molecule has 2 heterocycles. The number of rotatable bonds is 5. The molecule has 0 radical (unpaired) electrons. The molecule has 0 atom stereocenters. The molecule has 0 unspecified atom stereocenters. The molecular weight excluding hydrogens is 389 g/mol. The molecule has 1 N–H and O–H groups in total. The lowest BCUT2D eigenvalue weighted by atomic mass is 10.2. The van der Waals surface area contributed by atoms with Gasteiger partial charge in [0, 0.05) is 42.8 Å². The zero-order chi connectivity index (χ0) is 19.2. The Morgan fingerprint density at radius 1 is 1.19 bits per heavy atom. The number of halogens is 2. The van der Waals surface area contributed by atoms with Gasteiger partial charge in [-0.3, -0.25) is 14.5 Å². The molecule has 1 aromatic heterocycles. The van der Waals surface area contributed by atoms with E-state index in [-0.39, 0.29) is 18.4 Å². The Hall–Kier alpha value is -2.22. The molecule has 5 nitrogen and oxygen atoms in total. The molecule has 1 saturated heterocycles. The summed E-state index contributed by atoms with van der Waals surface area (Å²) in [4.78, 5) is 29.0. The van der Waals surface area contributed by atoms with Crippen molar-refractivity contribution in [3.8, 4) is 0 Å². The number of benzene rings is 1. The minimum absolute atomic E-state index is 0.0524. The third kappa shape index (κ3) is 5.89. The third-order valence-corrected chi connectivity index (χ3v) is 5.34. The number of amides is 2. The summed E-state index contributed by atoms with van der Waals surface area (Å²) in [5.74, 6) is -0.643. The van der Waals surface area contributed by atoms with Crippen LogP contribution in [0, 0.1) is 5.82 Å². The van der Waals surface area contributed by atoms with Gasteiger partial charge in [-0.25, -0.2) is 4.39 Å². The first-order valence-electron chi connectivity index (χ1n) is 8.50. The Morgan fingerprint density at radius 3 is 2.63 bits per heavy atom. The molecule has 27 heavy (non-hydrogen) atoms. The number of piperazine rings is 1. The molecule has 8 heteroatoms. The maximum Gasteiger partial charge on any atom is 0.246 e. The topological polar surface area (TPSA) is 52.7 Å². The summed E-state index contributed by atoms with van der Waals surface area (Å²) in [6, 6.07) is 9.46. The number of carbonyl (C=O) groups is 2. The summed E-state index contributed by atoms with van der Waals surface area (Å²) in [7, 11) is 0. The van der Waals surface area contributed by atoms with Gasteiger partial charge in [0.2, 0.25) is 11.8 Å². The second-order valence-electron chi connectivity index (χ2n) is 6.14. The Labute approximate surface area is 166 Å². The molecule has 2 aromatic rings. The number of nitrogens with one attached hydrogen (secondary N) is 1. The first-order chi connectivity index (χ1) is 13.0. The monoisotopic (exact) mass is 407 g/mol. The van der Waals surface area contributed by atoms with Crippen LogP contribution >= 0.6 is 22.9 Å². The van der Waals surface area contributed by atoms with Crippen LogP contribution in [0.25, 0.3) is 6.08 Å². The average Bonchev–Trinajstić information content (AvgIpc) is 3.05.